The minimum absolute atomic E-state index is 0.248. The van der Waals surface area contributed by atoms with Gasteiger partial charge in [0.25, 0.3) is 0 Å². The van der Waals surface area contributed by atoms with Gasteiger partial charge < -0.3 is 4.98 Å². The number of fused-ring (bicyclic) bond motifs is 1. The summed E-state index contributed by atoms with van der Waals surface area (Å²) in [5.74, 6) is 0. The molecule has 0 saturated heterocycles. The van der Waals surface area contributed by atoms with Crippen molar-refractivity contribution >= 4 is 0 Å². The van der Waals surface area contributed by atoms with Crippen molar-refractivity contribution in [2.24, 2.45) is 0 Å². The van der Waals surface area contributed by atoms with E-state index in [1.807, 2.05) is 0 Å². The SMILES string of the molecule is CCc1cc(=O)c2c([nH]1)CCCCC2. The van der Waals surface area contributed by atoms with Crippen LogP contribution in [0.5, 0.6) is 0 Å². The van der Waals surface area contributed by atoms with Gasteiger partial charge in [0, 0.05) is 23.0 Å². The third kappa shape index (κ3) is 1.74. The molecule has 0 fully saturated rings. The molecular weight excluding hydrogens is 174 g/mol. The average Bonchev–Trinajstić information content (AvgIpc) is 2.42. The van der Waals surface area contributed by atoms with E-state index in [9.17, 15) is 4.79 Å². The van der Waals surface area contributed by atoms with Crippen molar-refractivity contribution in [3.05, 3.63) is 33.2 Å². The van der Waals surface area contributed by atoms with Crippen molar-refractivity contribution in [2.45, 2.75) is 45.4 Å². The van der Waals surface area contributed by atoms with Crippen LogP contribution in [0.25, 0.3) is 0 Å². The van der Waals surface area contributed by atoms with Gasteiger partial charge in [0.2, 0.25) is 0 Å². The molecule has 1 heterocycles. The number of aromatic nitrogens is 1. The van der Waals surface area contributed by atoms with Crippen LogP contribution >= 0.6 is 0 Å². The summed E-state index contributed by atoms with van der Waals surface area (Å²) in [5, 5.41) is 0. The van der Waals surface area contributed by atoms with E-state index in [2.05, 4.69) is 11.9 Å². The summed E-state index contributed by atoms with van der Waals surface area (Å²) >= 11 is 0. The maximum atomic E-state index is 11.8. The lowest BCUT2D eigenvalue weighted by Crippen LogP contribution is -2.14. The Hall–Kier alpha value is -1.05. The van der Waals surface area contributed by atoms with Crippen LogP contribution in [0.15, 0.2) is 10.9 Å². The molecule has 1 aromatic rings. The van der Waals surface area contributed by atoms with E-state index in [1.54, 1.807) is 6.07 Å². The number of aromatic amines is 1. The maximum absolute atomic E-state index is 11.8. The Balaban J connectivity index is 2.48. The molecule has 0 amide bonds. The molecule has 0 saturated carbocycles. The smallest absolute Gasteiger partial charge is 0.185 e. The number of hydrogen-bond donors (Lipinski definition) is 1. The molecule has 0 bridgehead atoms. The van der Waals surface area contributed by atoms with E-state index in [1.165, 1.54) is 25.0 Å². The van der Waals surface area contributed by atoms with Crippen LogP contribution in [0.4, 0.5) is 0 Å². The Bertz CT molecular complexity index is 378. The Morgan fingerprint density at radius 3 is 2.86 bits per heavy atom. The molecule has 1 aliphatic carbocycles. The summed E-state index contributed by atoms with van der Waals surface area (Å²) in [6.07, 6.45) is 6.58. The van der Waals surface area contributed by atoms with Crippen LogP contribution in [0.3, 0.4) is 0 Å². The van der Waals surface area contributed by atoms with Crippen LogP contribution in [-0.2, 0) is 19.3 Å². The molecule has 0 atom stereocenters. The first-order valence-corrected chi connectivity index (χ1v) is 5.55. The van der Waals surface area contributed by atoms with Gasteiger partial charge in [-0.15, -0.1) is 0 Å². The Kier molecular flexibility index (Phi) is 2.71. The lowest BCUT2D eigenvalue weighted by atomic mass is 10.1. The van der Waals surface area contributed by atoms with Gasteiger partial charge in [-0.05, 0) is 32.1 Å². The van der Waals surface area contributed by atoms with E-state index in [4.69, 9.17) is 0 Å². The second-order valence-corrected chi connectivity index (χ2v) is 4.03. The van der Waals surface area contributed by atoms with Gasteiger partial charge in [-0.2, -0.15) is 0 Å². The molecule has 2 rings (SSSR count). The van der Waals surface area contributed by atoms with Crippen molar-refractivity contribution in [1.29, 1.82) is 0 Å². The number of pyridine rings is 1. The van der Waals surface area contributed by atoms with Crippen molar-refractivity contribution in [3.8, 4) is 0 Å². The van der Waals surface area contributed by atoms with E-state index in [0.717, 1.165) is 30.5 Å². The summed E-state index contributed by atoms with van der Waals surface area (Å²) in [6.45, 7) is 2.08. The zero-order valence-corrected chi connectivity index (χ0v) is 8.73. The van der Waals surface area contributed by atoms with Crippen LogP contribution in [0.2, 0.25) is 0 Å². The first kappa shape index (κ1) is 9.50. The van der Waals surface area contributed by atoms with E-state index in [-0.39, 0.29) is 5.43 Å². The molecule has 1 aliphatic rings. The molecule has 76 valence electrons. The number of hydrogen-bond acceptors (Lipinski definition) is 1. The maximum Gasteiger partial charge on any atom is 0.185 e. The standard InChI is InChI=1S/C12H17NO/c1-2-9-8-12(14)10-6-4-3-5-7-11(10)13-9/h8H,2-7H2,1H3,(H,13,14). The molecule has 0 radical (unpaired) electrons. The fourth-order valence-electron chi connectivity index (χ4n) is 2.16. The molecule has 2 heteroatoms. The van der Waals surface area contributed by atoms with Gasteiger partial charge in [-0.25, -0.2) is 0 Å². The van der Waals surface area contributed by atoms with Crippen LogP contribution in [0.1, 0.15) is 43.1 Å². The van der Waals surface area contributed by atoms with Crippen molar-refractivity contribution in [3.63, 3.8) is 0 Å². The number of rotatable bonds is 1. The van der Waals surface area contributed by atoms with Gasteiger partial charge in [0.05, 0.1) is 0 Å². The summed E-state index contributed by atoms with van der Waals surface area (Å²) in [6, 6.07) is 1.77. The number of H-pyrrole nitrogens is 1. The largest absolute Gasteiger partial charge is 0.362 e. The van der Waals surface area contributed by atoms with E-state index >= 15 is 0 Å². The number of aryl methyl sites for hydroxylation is 2. The summed E-state index contributed by atoms with van der Waals surface area (Å²) in [7, 11) is 0. The molecule has 14 heavy (non-hydrogen) atoms. The summed E-state index contributed by atoms with van der Waals surface area (Å²) in [4.78, 5) is 15.2. The van der Waals surface area contributed by atoms with Crippen molar-refractivity contribution in [1.82, 2.24) is 4.98 Å². The quantitative estimate of drug-likeness (QED) is 0.678. The van der Waals surface area contributed by atoms with E-state index in [0.29, 0.717) is 0 Å². The average molecular weight is 191 g/mol. The predicted octanol–water partition coefficient (Wildman–Crippen LogP) is 2.21. The predicted molar refractivity (Wildman–Crippen MR) is 57.7 cm³/mol. The highest BCUT2D eigenvalue weighted by Gasteiger charge is 2.11. The third-order valence-corrected chi connectivity index (χ3v) is 3.01. The molecule has 1 aromatic heterocycles. The highest BCUT2D eigenvalue weighted by Crippen LogP contribution is 2.16. The van der Waals surface area contributed by atoms with Gasteiger partial charge in [-0.1, -0.05) is 13.3 Å². The molecule has 2 nitrogen and oxygen atoms in total. The first-order valence-electron chi connectivity index (χ1n) is 5.55. The summed E-state index contributed by atoms with van der Waals surface area (Å²) < 4.78 is 0. The van der Waals surface area contributed by atoms with Gasteiger partial charge in [0.15, 0.2) is 5.43 Å². The lowest BCUT2D eigenvalue weighted by molar-refractivity contribution is 0.708. The Morgan fingerprint density at radius 1 is 1.29 bits per heavy atom. The number of nitrogens with one attached hydrogen (secondary N) is 1. The van der Waals surface area contributed by atoms with Crippen LogP contribution in [-0.4, -0.2) is 4.98 Å². The van der Waals surface area contributed by atoms with Crippen molar-refractivity contribution in [2.75, 3.05) is 0 Å². The van der Waals surface area contributed by atoms with Gasteiger partial charge in [-0.3, -0.25) is 4.79 Å². The highest BCUT2D eigenvalue weighted by molar-refractivity contribution is 5.24. The molecule has 0 spiro atoms. The first-order chi connectivity index (χ1) is 6.81. The monoisotopic (exact) mass is 191 g/mol. The lowest BCUT2D eigenvalue weighted by Gasteiger charge is -2.07. The zero-order chi connectivity index (χ0) is 9.97. The summed E-state index contributed by atoms with van der Waals surface area (Å²) in [5.41, 5.74) is 3.57. The van der Waals surface area contributed by atoms with Gasteiger partial charge >= 0.3 is 0 Å². The minimum atomic E-state index is 0.248. The molecule has 1 N–H and O–H groups in total. The fourth-order valence-corrected chi connectivity index (χ4v) is 2.16. The topological polar surface area (TPSA) is 32.9 Å². The van der Waals surface area contributed by atoms with Crippen LogP contribution < -0.4 is 5.43 Å². The van der Waals surface area contributed by atoms with Crippen LogP contribution in [0, 0.1) is 0 Å². The second-order valence-electron chi connectivity index (χ2n) is 4.03. The minimum Gasteiger partial charge on any atom is -0.362 e. The molecular formula is C12H17NO. The second kappa shape index (κ2) is 3.99. The van der Waals surface area contributed by atoms with Gasteiger partial charge in [0.1, 0.15) is 0 Å². The Labute approximate surface area is 84.4 Å². The molecule has 0 aromatic carbocycles. The normalized spacial score (nSPS) is 16.1. The van der Waals surface area contributed by atoms with Crippen molar-refractivity contribution < 1.29 is 0 Å². The fraction of sp³-hybridized carbons (Fsp3) is 0.583. The highest BCUT2D eigenvalue weighted by atomic mass is 16.1. The van der Waals surface area contributed by atoms with E-state index < -0.39 is 0 Å². The third-order valence-electron chi connectivity index (χ3n) is 3.01. The molecule has 0 unspecified atom stereocenters. The zero-order valence-electron chi connectivity index (χ0n) is 8.73. The Morgan fingerprint density at radius 2 is 2.07 bits per heavy atom. The molecule has 0 aliphatic heterocycles.